The van der Waals surface area contributed by atoms with Crippen LogP contribution in [0.4, 0.5) is 0 Å². The summed E-state index contributed by atoms with van der Waals surface area (Å²) in [4.78, 5) is 43.2. The minimum absolute atomic E-state index is 0.0283. The molecule has 0 saturated heterocycles. The van der Waals surface area contributed by atoms with Gasteiger partial charge in [0.1, 0.15) is 31.1 Å². The summed E-state index contributed by atoms with van der Waals surface area (Å²) in [5.74, 6) is -1.23. The molecule has 3 aromatic rings. The van der Waals surface area contributed by atoms with Gasteiger partial charge in [0.05, 0.1) is 6.20 Å². The van der Waals surface area contributed by atoms with Gasteiger partial charge in [-0.05, 0) is 31.9 Å². The predicted octanol–water partition coefficient (Wildman–Crippen LogP) is 3.13. The van der Waals surface area contributed by atoms with Gasteiger partial charge in [-0.2, -0.15) is 4.73 Å². The lowest BCUT2D eigenvalue weighted by molar-refractivity contribution is -0.153. The summed E-state index contributed by atoms with van der Waals surface area (Å²) in [6, 6.07) is 19.9. The van der Waals surface area contributed by atoms with E-state index in [0.29, 0.717) is 0 Å². The molecule has 0 aliphatic carbocycles. The van der Waals surface area contributed by atoms with Gasteiger partial charge in [-0.3, -0.25) is 14.4 Å². The molecular weight excluding hydrogens is 436 g/mol. The van der Waals surface area contributed by atoms with Crippen molar-refractivity contribution in [1.82, 2.24) is 10.0 Å². The van der Waals surface area contributed by atoms with E-state index in [2.05, 4.69) is 5.32 Å². The van der Waals surface area contributed by atoms with Gasteiger partial charge in [-0.25, -0.2) is 0 Å². The van der Waals surface area contributed by atoms with Gasteiger partial charge in [0.25, 0.3) is 5.91 Å². The van der Waals surface area contributed by atoms with E-state index in [-0.39, 0.29) is 31.2 Å². The highest BCUT2D eigenvalue weighted by Gasteiger charge is 2.20. The molecule has 0 aliphatic rings. The fourth-order valence-electron chi connectivity index (χ4n) is 2.95. The molecule has 0 atom stereocenters. The Hall–Kier alpha value is -4.07. The monoisotopic (exact) mass is 464 g/mol. The van der Waals surface area contributed by atoms with Gasteiger partial charge < -0.3 is 19.6 Å². The number of aromatic nitrogens is 1. The van der Waals surface area contributed by atoms with Crippen LogP contribution in [0.5, 0.6) is 5.75 Å². The Morgan fingerprint density at radius 1 is 0.912 bits per heavy atom. The molecule has 8 nitrogen and oxygen atoms in total. The molecule has 34 heavy (non-hydrogen) atoms. The third-order valence-electron chi connectivity index (χ3n) is 4.48. The molecule has 0 radical (unpaired) electrons. The number of nitrogens with zero attached hydrogens (tertiary/aromatic N) is 1. The third kappa shape index (κ3) is 7.51. The molecule has 2 aromatic carbocycles. The molecule has 0 aliphatic heterocycles. The van der Waals surface area contributed by atoms with Crippen molar-refractivity contribution < 1.29 is 23.9 Å². The van der Waals surface area contributed by atoms with Crippen molar-refractivity contribution in [3.05, 3.63) is 100.0 Å². The molecule has 1 amide bonds. The Bertz CT molecular complexity index is 1170. The first kappa shape index (κ1) is 24.6. The summed E-state index contributed by atoms with van der Waals surface area (Å²) in [5, 5.41) is 2.47. The third-order valence-corrected chi connectivity index (χ3v) is 4.48. The molecule has 0 fully saturated rings. The van der Waals surface area contributed by atoms with E-state index in [4.69, 9.17) is 14.3 Å². The van der Waals surface area contributed by atoms with Gasteiger partial charge in [0.15, 0.2) is 5.75 Å². The van der Waals surface area contributed by atoms with Crippen LogP contribution >= 0.6 is 0 Å². The van der Waals surface area contributed by atoms with Crippen LogP contribution in [0.15, 0.2) is 77.7 Å². The first-order valence-electron chi connectivity index (χ1n) is 10.8. The van der Waals surface area contributed by atoms with E-state index in [1.807, 2.05) is 60.7 Å². The van der Waals surface area contributed by atoms with Gasteiger partial charge in [0.2, 0.25) is 5.43 Å². The van der Waals surface area contributed by atoms with Crippen LogP contribution in [0, 0.1) is 0 Å². The van der Waals surface area contributed by atoms with Crippen LogP contribution in [0.25, 0.3) is 0 Å². The number of rotatable bonds is 9. The van der Waals surface area contributed by atoms with Crippen molar-refractivity contribution in [2.75, 3.05) is 6.54 Å². The van der Waals surface area contributed by atoms with Crippen molar-refractivity contribution in [3.8, 4) is 5.75 Å². The molecule has 1 aromatic heterocycles. The first-order chi connectivity index (χ1) is 16.2. The highest BCUT2D eigenvalue weighted by atomic mass is 16.7. The summed E-state index contributed by atoms with van der Waals surface area (Å²) in [5.41, 5.74) is 0.515. The van der Waals surface area contributed by atoms with Gasteiger partial charge >= 0.3 is 5.97 Å². The zero-order valence-electron chi connectivity index (χ0n) is 19.4. The van der Waals surface area contributed by atoms with E-state index in [1.54, 1.807) is 20.8 Å². The van der Waals surface area contributed by atoms with Crippen LogP contribution in [-0.2, 0) is 22.7 Å². The van der Waals surface area contributed by atoms with Gasteiger partial charge in [-0.1, -0.05) is 60.7 Å². The van der Waals surface area contributed by atoms with Crippen molar-refractivity contribution >= 4 is 11.9 Å². The van der Waals surface area contributed by atoms with Crippen molar-refractivity contribution in [1.29, 1.82) is 0 Å². The average molecular weight is 465 g/mol. The van der Waals surface area contributed by atoms with E-state index >= 15 is 0 Å². The first-order valence-corrected chi connectivity index (χ1v) is 10.8. The topological polar surface area (TPSA) is 95.9 Å². The van der Waals surface area contributed by atoms with Crippen LogP contribution in [0.3, 0.4) is 0 Å². The van der Waals surface area contributed by atoms with Crippen molar-refractivity contribution in [2.24, 2.45) is 0 Å². The molecule has 8 heteroatoms. The van der Waals surface area contributed by atoms with Crippen LogP contribution in [-0.4, -0.2) is 28.8 Å². The number of carbonyl (C=O) groups excluding carboxylic acids is 2. The second kappa shape index (κ2) is 11.2. The Balaban J connectivity index is 1.79. The van der Waals surface area contributed by atoms with E-state index in [9.17, 15) is 14.4 Å². The SMILES string of the molecule is CC(C)(C)OC(=O)CNC(=O)c1cc(=O)c(OCc2ccccc2)cn1OCc1ccccc1. The number of benzene rings is 2. The number of hydrogen-bond donors (Lipinski definition) is 1. The summed E-state index contributed by atoms with van der Waals surface area (Å²) in [6.45, 7) is 5.17. The number of carbonyl (C=O) groups is 2. The number of pyridine rings is 1. The lowest BCUT2D eigenvalue weighted by Crippen LogP contribution is -2.37. The lowest BCUT2D eigenvalue weighted by atomic mass is 10.2. The highest BCUT2D eigenvalue weighted by Crippen LogP contribution is 2.11. The quantitative estimate of drug-likeness (QED) is 0.489. The smallest absolute Gasteiger partial charge is 0.325 e. The molecule has 0 unspecified atom stereocenters. The summed E-state index contributed by atoms with van der Waals surface area (Å²) >= 11 is 0. The number of hydrogen-bond acceptors (Lipinski definition) is 6. The van der Waals surface area contributed by atoms with Crippen molar-refractivity contribution in [2.45, 2.75) is 39.6 Å². The fourth-order valence-corrected chi connectivity index (χ4v) is 2.95. The van der Waals surface area contributed by atoms with Crippen LogP contribution < -0.4 is 20.3 Å². The molecule has 0 spiro atoms. The van der Waals surface area contributed by atoms with E-state index in [1.165, 1.54) is 10.9 Å². The molecule has 0 saturated carbocycles. The summed E-state index contributed by atoms with van der Waals surface area (Å²) < 4.78 is 12.1. The Labute approximate surface area is 198 Å². The lowest BCUT2D eigenvalue weighted by Gasteiger charge is -2.20. The number of ether oxygens (including phenoxy) is 2. The van der Waals surface area contributed by atoms with Gasteiger partial charge in [0, 0.05) is 6.07 Å². The normalized spacial score (nSPS) is 10.9. The molecule has 3 rings (SSSR count). The molecule has 0 bridgehead atoms. The zero-order chi connectivity index (χ0) is 24.6. The number of nitrogens with one attached hydrogen (secondary N) is 1. The maximum Gasteiger partial charge on any atom is 0.325 e. The van der Waals surface area contributed by atoms with Gasteiger partial charge in [-0.15, -0.1) is 0 Å². The maximum absolute atomic E-state index is 12.8. The predicted molar refractivity (Wildman–Crippen MR) is 126 cm³/mol. The second-order valence-corrected chi connectivity index (χ2v) is 8.52. The van der Waals surface area contributed by atoms with Crippen LogP contribution in [0.1, 0.15) is 42.4 Å². The van der Waals surface area contributed by atoms with Crippen molar-refractivity contribution in [3.63, 3.8) is 0 Å². The minimum Gasteiger partial charge on any atom is -0.483 e. The molecule has 1 heterocycles. The van der Waals surface area contributed by atoms with E-state index < -0.39 is 22.9 Å². The summed E-state index contributed by atoms with van der Waals surface area (Å²) in [6.07, 6.45) is 1.33. The Kier molecular flexibility index (Phi) is 8.08. The number of esters is 1. The Morgan fingerprint density at radius 3 is 2.09 bits per heavy atom. The fraction of sp³-hybridized carbons (Fsp3) is 0.269. The van der Waals surface area contributed by atoms with E-state index in [0.717, 1.165) is 17.2 Å². The minimum atomic E-state index is -0.680. The largest absolute Gasteiger partial charge is 0.483 e. The second-order valence-electron chi connectivity index (χ2n) is 8.52. The molecule has 1 N–H and O–H groups in total. The zero-order valence-corrected chi connectivity index (χ0v) is 19.4. The molecule has 178 valence electrons. The average Bonchev–Trinajstić information content (AvgIpc) is 2.81. The maximum atomic E-state index is 12.8. The Morgan fingerprint density at radius 2 is 1.50 bits per heavy atom. The standard InChI is InChI=1S/C26H28N2O6/c1-26(2,3)34-24(30)15-27-25(31)21-14-22(29)23(32-17-19-10-6-4-7-11-19)16-28(21)33-18-20-12-8-5-9-13-20/h4-14,16H,15,17-18H2,1-3H3,(H,27,31). The van der Waals surface area contributed by atoms with Crippen LogP contribution in [0.2, 0.25) is 0 Å². The highest BCUT2D eigenvalue weighted by molar-refractivity contribution is 5.94. The number of amides is 1. The summed E-state index contributed by atoms with van der Waals surface area (Å²) in [7, 11) is 0. The molecular formula is C26H28N2O6.